The molecule has 4 aliphatic heterocycles. The summed E-state index contributed by atoms with van der Waals surface area (Å²) in [5.41, 5.74) is 4.49. The number of ether oxygens (including phenoxy) is 2. The van der Waals surface area contributed by atoms with Gasteiger partial charge >= 0.3 is 29.8 Å². The lowest BCUT2D eigenvalue weighted by Crippen LogP contribution is -2.56. The van der Waals surface area contributed by atoms with Gasteiger partial charge in [-0.2, -0.15) is 0 Å². The highest BCUT2D eigenvalue weighted by Crippen LogP contribution is 2.27. The van der Waals surface area contributed by atoms with E-state index in [-0.39, 0.29) is 37.0 Å². The lowest BCUT2D eigenvalue weighted by Gasteiger charge is -2.43. The molecular weight excluding hydrogens is 734 g/mol. The molecule has 2 aromatic carbocycles. The minimum Gasteiger partial charge on any atom is -0.459 e. The van der Waals surface area contributed by atoms with Crippen molar-refractivity contribution >= 4 is 46.7 Å². The summed E-state index contributed by atoms with van der Waals surface area (Å²) in [5, 5.41) is 3.03. The number of aromatic nitrogens is 1. The fourth-order valence-electron chi connectivity index (χ4n) is 8.72. The summed E-state index contributed by atoms with van der Waals surface area (Å²) in [6.45, 7) is 8.35. The van der Waals surface area contributed by atoms with Crippen molar-refractivity contribution in [1.82, 2.24) is 29.1 Å². The van der Waals surface area contributed by atoms with E-state index < -0.39 is 29.8 Å². The number of piperidine rings is 2. The molecule has 0 unspecified atom stereocenters. The number of para-hydroxylation sites is 1. The van der Waals surface area contributed by atoms with Crippen LogP contribution in [-0.2, 0) is 43.7 Å². The Labute approximate surface area is 331 Å². The van der Waals surface area contributed by atoms with Crippen molar-refractivity contribution in [2.24, 2.45) is 7.05 Å². The van der Waals surface area contributed by atoms with E-state index in [0.717, 1.165) is 23.2 Å². The van der Waals surface area contributed by atoms with Gasteiger partial charge in [0, 0.05) is 90.1 Å². The van der Waals surface area contributed by atoms with Gasteiger partial charge in [-0.25, -0.2) is 19.2 Å². The number of rotatable bonds is 8. The number of carbonyl (C=O) groups is 5. The largest absolute Gasteiger partial charge is 0.459 e. The van der Waals surface area contributed by atoms with Gasteiger partial charge in [0.2, 0.25) is 0 Å². The van der Waals surface area contributed by atoms with Gasteiger partial charge in [0.1, 0.15) is 0 Å². The first-order chi connectivity index (χ1) is 27.5. The maximum atomic E-state index is 14.3. The van der Waals surface area contributed by atoms with Crippen LogP contribution in [0.15, 0.2) is 45.6 Å². The summed E-state index contributed by atoms with van der Waals surface area (Å²) >= 11 is 0. The van der Waals surface area contributed by atoms with Crippen molar-refractivity contribution in [3.63, 3.8) is 0 Å². The number of nitrogens with one attached hydrogen (secondary N) is 1. The van der Waals surface area contributed by atoms with E-state index in [1.165, 1.54) is 4.57 Å². The van der Waals surface area contributed by atoms with E-state index in [1.807, 2.05) is 49.1 Å². The molecule has 0 aliphatic carbocycles. The topological polar surface area (TPSA) is 167 Å². The van der Waals surface area contributed by atoms with Crippen LogP contribution in [0.2, 0.25) is 0 Å². The van der Waals surface area contributed by atoms with E-state index in [2.05, 4.69) is 10.2 Å². The van der Waals surface area contributed by atoms with E-state index in [1.54, 1.807) is 27.8 Å². The maximum absolute atomic E-state index is 14.3. The number of piperazine rings is 1. The number of benzene rings is 2. The summed E-state index contributed by atoms with van der Waals surface area (Å²) in [7, 11) is 1.64. The van der Waals surface area contributed by atoms with Gasteiger partial charge in [0.25, 0.3) is 5.91 Å². The molecule has 0 saturated carbocycles. The highest BCUT2D eigenvalue weighted by molar-refractivity contribution is 6.32. The molecule has 0 bridgehead atoms. The van der Waals surface area contributed by atoms with Gasteiger partial charge < -0.3 is 38.8 Å². The van der Waals surface area contributed by atoms with Crippen LogP contribution in [0.25, 0.3) is 11.1 Å². The van der Waals surface area contributed by atoms with Crippen molar-refractivity contribution in [3.05, 3.63) is 63.6 Å². The molecule has 3 aromatic rings. The zero-order chi connectivity index (χ0) is 40.2. The number of fused-ring (bicyclic) bond motifs is 2. The molecule has 16 nitrogen and oxygen atoms in total. The van der Waals surface area contributed by atoms with Gasteiger partial charge in [0.05, 0.1) is 12.1 Å². The molecule has 4 aliphatic rings. The number of carbonyl (C=O) groups excluding carboxylic acids is 5. The Hall–Kier alpha value is -5.38. The SMILES string of the molecule is CCCOC(=O)C(=O)N1CCN(C2CCN(C(=O)[C@@H](Cc3cc(C)c4c(c3)oc(=O)n4C)OC(=O)N3CCC(N4CCc5ccccc5NC4=O)CC3)CC2)CC1. The van der Waals surface area contributed by atoms with Crippen LogP contribution in [-0.4, -0.2) is 143 Å². The summed E-state index contributed by atoms with van der Waals surface area (Å²) < 4.78 is 18.0. The van der Waals surface area contributed by atoms with Crippen LogP contribution in [0.3, 0.4) is 0 Å². The zero-order valence-corrected chi connectivity index (χ0v) is 33.1. The summed E-state index contributed by atoms with van der Waals surface area (Å²) in [6, 6.07) is 11.5. The van der Waals surface area contributed by atoms with Crippen LogP contribution < -0.4 is 11.1 Å². The molecule has 0 radical (unpaired) electrons. The van der Waals surface area contributed by atoms with Crippen molar-refractivity contribution < 1.29 is 37.9 Å². The van der Waals surface area contributed by atoms with E-state index in [9.17, 15) is 28.8 Å². The minimum absolute atomic E-state index is 0.0388. The Morgan fingerprint density at radius 1 is 0.860 bits per heavy atom. The number of aryl methyl sites for hydroxylation is 2. The average Bonchev–Trinajstić information content (AvgIpc) is 3.40. The number of urea groups is 1. The van der Waals surface area contributed by atoms with Crippen LogP contribution in [0, 0.1) is 6.92 Å². The quantitative estimate of drug-likeness (QED) is 0.265. The van der Waals surface area contributed by atoms with Gasteiger partial charge in [-0.3, -0.25) is 19.1 Å². The number of nitrogens with zero attached hydrogens (tertiary/aromatic N) is 6. The first kappa shape index (κ1) is 39.8. The number of esters is 1. The van der Waals surface area contributed by atoms with Gasteiger partial charge in [0.15, 0.2) is 11.7 Å². The highest BCUT2D eigenvalue weighted by atomic mass is 16.6. The molecule has 57 heavy (non-hydrogen) atoms. The standard InChI is InChI=1S/C41H53N7O9/c1-4-23-55-38(51)37(50)46-21-19-44(20-22-46)30-10-14-45(15-11-30)36(49)34(26-28-24-27(2)35-33(25-28)56-40(53)43(35)3)57-41(54)47-16-12-31(13-17-47)48-18-9-29-7-5-6-8-32(29)42-39(48)52/h5-8,24-25,30-31,34H,4,9-23,26H2,1-3H3,(H,42,52)/t34-/m1/s1. The Balaban J connectivity index is 0.980. The molecule has 1 N–H and O–H groups in total. The molecule has 306 valence electrons. The van der Waals surface area contributed by atoms with Crippen LogP contribution in [0.5, 0.6) is 0 Å². The fourth-order valence-corrected chi connectivity index (χ4v) is 8.72. The molecule has 7 rings (SSSR count). The van der Waals surface area contributed by atoms with Gasteiger partial charge in [-0.05, 0) is 74.3 Å². The lowest BCUT2D eigenvalue weighted by molar-refractivity contribution is -0.161. The third-order valence-corrected chi connectivity index (χ3v) is 11.9. The van der Waals surface area contributed by atoms with Crippen molar-refractivity contribution in [3.8, 4) is 0 Å². The minimum atomic E-state index is -1.11. The molecule has 0 spiro atoms. The molecule has 3 saturated heterocycles. The first-order valence-electron chi connectivity index (χ1n) is 20.2. The van der Waals surface area contributed by atoms with Crippen LogP contribution in [0.4, 0.5) is 15.3 Å². The van der Waals surface area contributed by atoms with Crippen molar-refractivity contribution in [1.29, 1.82) is 0 Å². The van der Waals surface area contributed by atoms with Crippen molar-refractivity contribution in [2.75, 3.05) is 70.8 Å². The van der Waals surface area contributed by atoms with Gasteiger partial charge in [-0.15, -0.1) is 0 Å². The molecule has 5 amide bonds. The molecule has 5 heterocycles. The monoisotopic (exact) mass is 787 g/mol. The predicted octanol–water partition coefficient (Wildman–Crippen LogP) is 3.13. The van der Waals surface area contributed by atoms with Gasteiger partial charge in [-0.1, -0.05) is 31.2 Å². The zero-order valence-electron chi connectivity index (χ0n) is 33.1. The first-order valence-corrected chi connectivity index (χ1v) is 20.2. The Morgan fingerprint density at radius 2 is 1.54 bits per heavy atom. The molecule has 1 aromatic heterocycles. The Bertz CT molecular complexity index is 2040. The fraction of sp³-hybridized carbons (Fsp3) is 0.561. The summed E-state index contributed by atoms with van der Waals surface area (Å²) in [6.07, 6.45) is 2.38. The lowest BCUT2D eigenvalue weighted by atomic mass is 9.99. The number of hydrogen-bond acceptors (Lipinski definition) is 10. The van der Waals surface area contributed by atoms with E-state index >= 15 is 0 Å². The molecule has 1 atom stereocenters. The average molecular weight is 788 g/mol. The van der Waals surface area contributed by atoms with Crippen LogP contribution in [0.1, 0.15) is 55.7 Å². The number of amides is 5. The molecule has 3 fully saturated rings. The van der Waals surface area contributed by atoms with Crippen molar-refractivity contribution in [2.45, 2.75) is 77.0 Å². The van der Waals surface area contributed by atoms with E-state index in [4.69, 9.17) is 13.9 Å². The number of oxazole rings is 1. The third kappa shape index (κ3) is 8.80. The number of hydrogen-bond donors (Lipinski definition) is 1. The second kappa shape index (κ2) is 17.4. The smallest absolute Gasteiger partial charge is 0.419 e. The second-order valence-corrected chi connectivity index (χ2v) is 15.5. The Morgan fingerprint density at radius 3 is 2.26 bits per heavy atom. The molecular formula is C41H53N7O9. The number of anilines is 1. The summed E-state index contributed by atoms with van der Waals surface area (Å²) in [4.78, 5) is 87.3. The highest BCUT2D eigenvalue weighted by Gasteiger charge is 2.37. The predicted molar refractivity (Wildman–Crippen MR) is 210 cm³/mol. The Kier molecular flexibility index (Phi) is 12.2. The normalized spacial score (nSPS) is 19.2. The third-order valence-electron chi connectivity index (χ3n) is 11.9. The maximum Gasteiger partial charge on any atom is 0.419 e. The summed E-state index contributed by atoms with van der Waals surface area (Å²) in [5.74, 6) is -2.19. The van der Waals surface area contributed by atoms with Crippen LogP contribution >= 0.6 is 0 Å². The molecule has 16 heteroatoms. The number of likely N-dealkylation sites (tertiary alicyclic amines) is 2. The van der Waals surface area contributed by atoms with E-state index in [0.29, 0.717) is 108 Å². The second-order valence-electron chi connectivity index (χ2n) is 15.5.